The van der Waals surface area contributed by atoms with Gasteiger partial charge in [-0.05, 0) is 0 Å². The zero-order chi connectivity index (χ0) is 5.11. The van der Waals surface area contributed by atoms with E-state index in [0.717, 1.165) is 5.56 Å². The van der Waals surface area contributed by atoms with Crippen LogP contribution < -0.4 is 0 Å². The van der Waals surface area contributed by atoms with Crippen LogP contribution in [-0.4, -0.2) is 0 Å². The summed E-state index contributed by atoms with van der Waals surface area (Å²) in [6, 6.07) is 9.87. The summed E-state index contributed by atoms with van der Waals surface area (Å²) in [5.41, 5.74) is 1.07. The molecule has 1 aromatic rings. The van der Waals surface area contributed by atoms with Crippen LogP contribution >= 0.6 is 17.0 Å². The van der Waals surface area contributed by atoms with E-state index in [1.165, 1.54) is 0 Å². The zero-order valence-electron chi connectivity index (χ0n) is 8.21. The maximum absolute atomic E-state index is 3.72. The second-order valence-corrected chi connectivity index (χ2v) is 1.49. The van der Waals surface area contributed by atoms with Crippen molar-refractivity contribution in [1.29, 1.82) is 0 Å². The van der Waals surface area contributed by atoms with Crippen molar-refractivity contribution < 1.29 is 19.5 Å². The second kappa shape index (κ2) is 17.3. The van der Waals surface area contributed by atoms with Crippen molar-refractivity contribution in [3.8, 4) is 0 Å². The van der Waals surface area contributed by atoms with Gasteiger partial charge in [-0.15, -0.1) is 29.1 Å². The maximum Gasteiger partial charge on any atom is 0 e. The molecule has 0 aromatic heterocycles. The Morgan fingerprint density at radius 3 is 1.33 bits per heavy atom. The van der Waals surface area contributed by atoms with E-state index in [1.54, 1.807) is 0 Å². The molecule has 0 heterocycles. The van der Waals surface area contributed by atoms with Gasteiger partial charge in [-0.2, -0.15) is 24.6 Å². The topological polar surface area (TPSA) is 0 Å². The molecule has 2 heteroatoms. The van der Waals surface area contributed by atoms with Crippen molar-refractivity contribution in [2.75, 3.05) is 0 Å². The van der Waals surface area contributed by atoms with E-state index in [1.807, 2.05) is 30.3 Å². The van der Waals surface area contributed by atoms with Crippen LogP contribution in [0.15, 0.2) is 30.3 Å². The van der Waals surface area contributed by atoms with Gasteiger partial charge in [0.15, 0.2) is 0 Å². The van der Waals surface area contributed by atoms with Gasteiger partial charge in [0.05, 0.1) is 0 Å². The van der Waals surface area contributed by atoms with Crippen LogP contribution in [0, 0.1) is 29.2 Å². The predicted octanol–water partition coefficient (Wildman–Crippen LogP) is 3.80. The summed E-state index contributed by atoms with van der Waals surface area (Å²) < 4.78 is 0. The van der Waals surface area contributed by atoms with Gasteiger partial charge in [0, 0.05) is 19.5 Å². The van der Waals surface area contributed by atoms with Gasteiger partial charge in [0.2, 0.25) is 0 Å². The largest absolute Gasteiger partial charge is 0.358 e. The quantitative estimate of drug-likeness (QED) is 0.501. The van der Waals surface area contributed by atoms with Crippen LogP contribution in [0.4, 0.5) is 0 Å². The summed E-state index contributed by atoms with van der Waals surface area (Å²) in [6.45, 7) is 3.72. The third-order valence-corrected chi connectivity index (χ3v) is 0.843. The molecule has 12 heavy (non-hydrogen) atoms. The van der Waals surface area contributed by atoms with Crippen LogP contribution in [0.3, 0.4) is 0 Å². The Kier molecular flexibility index (Phi) is 42.6. The molecule has 0 aliphatic carbocycles. The molecule has 0 saturated heterocycles. The minimum absolute atomic E-state index is 0. The molecular weight excluding hydrogens is 265 g/mol. The number of hydrogen-bond acceptors (Lipinski definition) is 0. The summed E-state index contributed by atoms with van der Waals surface area (Å²) in [4.78, 5) is 0. The van der Waals surface area contributed by atoms with E-state index >= 15 is 0 Å². The Hall–Kier alpha value is 0.193. The van der Waals surface area contributed by atoms with Gasteiger partial charge in [-0.25, -0.2) is 0 Å². The summed E-state index contributed by atoms with van der Waals surface area (Å²) in [5, 5.41) is 0. The summed E-state index contributed by atoms with van der Waals surface area (Å²) in [6.07, 6.45) is 0. The summed E-state index contributed by atoms with van der Waals surface area (Å²) in [7, 11) is 0. The Morgan fingerprint density at radius 1 is 0.833 bits per heavy atom. The van der Waals surface area contributed by atoms with E-state index in [-0.39, 0.29) is 58.7 Å². The first-order valence-corrected chi connectivity index (χ1v) is 2.26. The monoisotopic (exact) mass is 280 g/mol. The number of hydrogen-bond donors (Lipinski definition) is 0. The molecule has 0 nitrogen and oxygen atoms in total. The third-order valence-electron chi connectivity index (χ3n) is 0.843. The Morgan fingerprint density at radius 2 is 1.17 bits per heavy atom. The maximum atomic E-state index is 3.72. The molecule has 0 spiro atoms. The average molecular weight is 283 g/mol. The molecule has 70 valence electrons. The van der Waals surface area contributed by atoms with Gasteiger partial charge >= 0.3 is 0 Å². The molecule has 0 atom stereocenters. The molecule has 0 bridgehead atoms. The molecule has 0 unspecified atom stereocenters. The Balaban J connectivity index is -0.0000000327. The normalized spacial score (nSPS) is 5.00. The third kappa shape index (κ3) is 12.8. The SMILES string of the molecule is Br.[CH2-]c1ccccc1.[CH3-].[CH3-].[CH3-].[Zn]. The van der Waals surface area contributed by atoms with Gasteiger partial charge < -0.3 is 22.3 Å². The van der Waals surface area contributed by atoms with Gasteiger partial charge in [0.25, 0.3) is 0 Å². The van der Waals surface area contributed by atoms with Crippen LogP contribution in [0.5, 0.6) is 0 Å². The first-order valence-electron chi connectivity index (χ1n) is 2.26. The molecule has 0 aliphatic heterocycles. The average Bonchev–Trinajstić information content (AvgIpc) is 1.69. The number of benzene rings is 1. The minimum Gasteiger partial charge on any atom is -0.358 e. The molecule has 0 N–H and O–H groups in total. The van der Waals surface area contributed by atoms with Crippen molar-refractivity contribution in [3.05, 3.63) is 65.1 Å². The number of halogens is 1. The summed E-state index contributed by atoms with van der Waals surface area (Å²) >= 11 is 0. The fraction of sp³-hybridized carbons (Fsp3) is 0. The Labute approximate surface area is 101 Å². The molecule has 0 saturated carbocycles. The van der Waals surface area contributed by atoms with Crippen LogP contribution in [0.1, 0.15) is 5.56 Å². The van der Waals surface area contributed by atoms with E-state index in [9.17, 15) is 0 Å². The first kappa shape index (κ1) is 29.5. The molecule has 0 fully saturated rings. The fourth-order valence-electron chi connectivity index (χ4n) is 0.478. The Bertz CT molecular complexity index is 140. The van der Waals surface area contributed by atoms with Gasteiger partial charge in [-0.1, -0.05) is 6.07 Å². The second-order valence-electron chi connectivity index (χ2n) is 1.49. The van der Waals surface area contributed by atoms with E-state index in [4.69, 9.17) is 0 Å². The first-order chi connectivity index (χ1) is 3.39. The molecule has 0 radical (unpaired) electrons. The summed E-state index contributed by atoms with van der Waals surface area (Å²) in [5.74, 6) is 0. The predicted molar refractivity (Wildman–Crippen MR) is 60.5 cm³/mol. The molecule has 0 amide bonds. The van der Waals surface area contributed by atoms with Crippen molar-refractivity contribution in [3.63, 3.8) is 0 Å². The molecule has 1 aromatic carbocycles. The van der Waals surface area contributed by atoms with Gasteiger partial charge in [0.1, 0.15) is 0 Å². The van der Waals surface area contributed by atoms with Crippen molar-refractivity contribution in [2.24, 2.45) is 0 Å². The molecule has 1 rings (SSSR count). The molecule has 0 aliphatic rings. The fourth-order valence-corrected chi connectivity index (χ4v) is 0.478. The van der Waals surface area contributed by atoms with E-state index < -0.39 is 0 Å². The minimum atomic E-state index is 0. The van der Waals surface area contributed by atoms with Gasteiger partial charge in [-0.3, -0.25) is 0 Å². The van der Waals surface area contributed by atoms with Crippen molar-refractivity contribution in [2.45, 2.75) is 0 Å². The van der Waals surface area contributed by atoms with Crippen LogP contribution in [-0.2, 0) is 19.5 Å². The smallest absolute Gasteiger partial charge is 0 e. The standard InChI is InChI=1S/C7H7.3CH3.BrH.Zn/c1-7-5-3-2-4-6-7;;;;;/h2-6H,1H2;3*1H3;1H;/q4*-1;;. The van der Waals surface area contributed by atoms with E-state index in [2.05, 4.69) is 6.92 Å². The van der Waals surface area contributed by atoms with Crippen molar-refractivity contribution in [1.82, 2.24) is 0 Å². The molecular formula is C10H17BrZn-4. The number of rotatable bonds is 0. The van der Waals surface area contributed by atoms with E-state index in [0.29, 0.717) is 0 Å². The van der Waals surface area contributed by atoms with Crippen LogP contribution in [0.25, 0.3) is 0 Å². The van der Waals surface area contributed by atoms with Crippen molar-refractivity contribution >= 4 is 17.0 Å². The zero-order valence-corrected chi connectivity index (χ0v) is 12.9. The van der Waals surface area contributed by atoms with Crippen LogP contribution in [0.2, 0.25) is 0 Å².